The van der Waals surface area contributed by atoms with Gasteiger partial charge in [-0.2, -0.15) is 0 Å². The van der Waals surface area contributed by atoms with E-state index in [-0.39, 0.29) is 11.7 Å². The van der Waals surface area contributed by atoms with Crippen molar-refractivity contribution in [2.45, 2.75) is 39.5 Å². The Balaban J connectivity index is 1.93. The summed E-state index contributed by atoms with van der Waals surface area (Å²) in [5, 5.41) is 12.3. The Morgan fingerprint density at radius 1 is 1.12 bits per heavy atom. The fourth-order valence-corrected chi connectivity index (χ4v) is 2.90. The third kappa shape index (κ3) is 6.10. The molecule has 0 aromatic heterocycles. The summed E-state index contributed by atoms with van der Waals surface area (Å²) in [6, 6.07) is 12.7. The van der Waals surface area contributed by atoms with Crippen molar-refractivity contribution in [3.05, 3.63) is 59.2 Å². The quantitative estimate of drug-likeness (QED) is 0.703. The van der Waals surface area contributed by atoms with Gasteiger partial charge in [0.15, 0.2) is 0 Å². The number of amides is 1. The zero-order valence-electron chi connectivity index (χ0n) is 15.9. The summed E-state index contributed by atoms with van der Waals surface area (Å²) in [7, 11) is 1.67. The van der Waals surface area contributed by atoms with Crippen molar-refractivity contribution in [3.63, 3.8) is 0 Å². The van der Waals surface area contributed by atoms with E-state index < -0.39 is 0 Å². The third-order valence-electron chi connectivity index (χ3n) is 4.41. The SMILES string of the molecule is COc1ccc(C(=O)NCCc2ccc(O)cc2)cc1CCCC(C)C. The van der Waals surface area contributed by atoms with E-state index in [4.69, 9.17) is 4.74 Å². The lowest BCUT2D eigenvalue weighted by atomic mass is 10.00. The molecule has 0 aliphatic heterocycles. The molecule has 26 heavy (non-hydrogen) atoms. The van der Waals surface area contributed by atoms with Crippen LogP contribution in [0.4, 0.5) is 0 Å². The van der Waals surface area contributed by atoms with Crippen LogP contribution in [0.2, 0.25) is 0 Å². The molecule has 0 unspecified atom stereocenters. The van der Waals surface area contributed by atoms with E-state index in [1.807, 2.05) is 24.3 Å². The van der Waals surface area contributed by atoms with Crippen LogP contribution in [0.3, 0.4) is 0 Å². The number of carbonyl (C=O) groups excluding carboxylic acids is 1. The highest BCUT2D eigenvalue weighted by Gasteiger charge is 2.10. The molecule has 0 saturated carbocycles. The normalized spacial score (nSPS) is 10.8. The number of phenolic OH excluding ortho intramolecular Hbond substituents is 1. The lowest BCUT2D eigenvalue weighted by Crippen LogP contribution is -2.25. The molecule has 0 aliphatic carbocycles. The minimum atomic E-state index is -0.0726. The molecule has 2 rings (SSSR count). The zero-order valence-corrected chi connectivity index (χ0v) is 15.9. The largest absolute Gasteiger partial charge is 0.508 e. The molecule has 1 amide bonds. The first-order valence-corrected chi connectivity index (χ1v) is 9.22. The highest BCUT2D eigenvalue weighted by molar-refractivity contribution is 5.94. The predicted molar refractivity (Wildman–Crippen MR) is 105 cm³/mol. The molecule has 0 saturated heterocycles. The molecule has 0 aliphatic rings. The van der Waals surface area contributed by atoms with Gasteiger partial charge in [0, 0.05) is 12.1 Å². The van der Waals surface area contributed by atoms with Gasteiger partial charge in [0.25, 0.3) is 5.91 Å². The maximum atomic E-state index is 12.4. The average Bonchev–Trinajstić information content (AvgIpc) is 2.63. The van der Waals surface area contributed by atoms with Crippen LogP contribution in [-0.4, -0.2) is 24.7 Å². The minimum Gasteiger partial charge on any atom is -0.508 e. The van der Waals surface area contributed by atoms with Crippen LogP contribution in [0.15, 0.2) is 42.5 Å². The molecular formula is C22H29NO3. The maximum Gasteiger partial charge on any atom is 0.251 e. The predicted octanol–water partition coefficient (Wildman–Crippen LogP) is 4.35. The van der Waals surface area contributed by atoms with Gasteiger partial charge in [-0.3, -0.25) is 4.79 Å². The number of rotatable bonds is 9. The van der Waals surface area contributed by atoms with E-state index in [0.29, 0.717) is 18.0 Å². The van der Waals surface area contributed by atoms with E-state index in [1.54, 1.807) is 25.3 Å². The Morgan fingerprint density at radius 2 is 1.85 bits per heavy atom. The van der Waals surface area contributed by atoms with Crippen molar-refractivity contribution in [2.24, 2.45) is 5.92 Å². The van der Waals surface area contributed by atoms with Gasteiger partial charge >= 0.3 is 0 Å². The minimum absolute atomic E-state index is 0.0726. The number of aryl methyl sites for hydroxylation is 1. The molecule has 0 fully saturated rings. The second-order valence-electron chi connectivity index (χ2n) is 6.99. The molecule has 2 aromatic rings. The molecular weight excluding hydrogens is 326 g/mol. The van der Waals surface area contributed by atoms with Crippen molar-refractivity contribution >= 4 is 5.91 Å². The Hall–Kier alpha value is -2.49. The monoisotopic (exact) mass is 355 g/mol. The van der Waals surface area contributed by atoms with Gasteiger partial charge in [0.1, 0.15) is 11.5 Å². The van der Waals surface area contributed by atoms with E-state index in [9.17, 15) is 9.90 Å². The highest BCUT2D eigenvalue weighted by Crippen LogP contribution is 2.23. The first-order chi connectivity index (χ1) is 12.5. The van der Waals surface area contributed by atoms with E-state index in [0.717, 1.165) is 42.6 Å². The van der Waals surface area contributed by atoms with Gasteiger partial charge in [0.05, 0.1) is 7.11 Å². The average molecular weight is 355 g/mol. The lowest BCUT2D eigenvalue weighted by molar-refractivity contribution is 0.0954. The first kappa shape index (κ1) is 19.8. The summed E-state index contributed by atoms with van der Waals surface area (Å²) in [6.07, 6.45) is 3.88. The number of phenols is 1. The van der Waals surface area contributed by atoms with Crippen LogP contribution in [0.25, 0.3) is 0 Å². The summed E-state index contributed by atoms with van der Waals surface area (Å²) in [4.78, 5) is 12.4. The number of benzene rings is 2. The second-order valence-corrected chi connectivity index (χ2v) is 6.99. The smallest absolute Gasteiger partial charge is 0.251 e. The van der Waals surface area contributed by atoms with E-state index >= 15 is 0 Å². The van der Waals surface area contributed by atoms with Crippen molar-refractivity contribution in [1.29, 1.82) is 0 Å². The number of aromatic hydroxyl groups is 1. The number of hydrogen-bond donors (Lipinski definition) is 2. The van der Waals surface area contributed by atoms with Gasteiger partial charge in [-0.05, 0) is 66.6 Å². The van der Waals surface area contributed by atoms with Crippen LogP contribution in [0.1, 0.15) is 48.2 Å². The molecule has 0 bridgehead atoms. The van der Waals surface area contributed by atoms with Crippen LogP contribution in [0.5, 0.6) is 11.5 Å². The van der Waals surface area contributed by atoms with Crippen LogP contribution in [0, 0.1) is 5.92 Å². The number of ether oxygens (including phenoxy) is 1. The van der Waals surface area contributed by atoms with Crippen molar-refractivity contribution < 1.29 is 14.6 Å². The molecule has 4 heteroatoms. The Bertz CT molecular complexity index is 708. The second kappa shape index (κ2) is 9.85. The topological polar surface area (TPSA) is 58.6 Å². The number of carbonyl (C=O) groups is 1. The van der Waals surface area contributed by atoms with Crippen LogP contribution >= 0.6 is 0 Å². The standard InChI is InChI=1S/C22H29NO3/c1-16(2)5-4-6-18-15-19(9-12-21(18)26-3)22(25)23-14-13-17-7-10-20(24)11-8-17/h7-12,15-16,24H,4-6,13-14H2,1-3H3,(H,23,25). The number of methoxy groups -OCH3 is 1. The summed E-state index contributed by atoms with van der Waals surface area (Å²) < 4.78 is 5.43. The summed E-state index contributed by atoms with van der Waals surface area (Å²) in [6.45, 7) is 4.99. The zero-order chi connectivity index (χ0) is 18.9. The van der Waals surface area contributed by atoms with Gasteiger partial charge in [-0.25, -0.2) is 0 Å². The van der Waals surface area contributed by atoms with E-state index in [2.05, 4.69) is 19.2 Å². The lowest BCUT2D eigenvalue weighted by Gasteiger charge is -2.12. The molecule has 0 heterocycles. The summed E-state index contributed by atoms with van der Waals surface area (Å²) in [5.41, 5.74) is 2.82. The summed E-state index contributed by atoms with van der Waals surface area (Å²) in [5.74, 6) is 1.69. The molecule has 0 atom stereocenters. The Morgan fingerprint density at radius 3 is 2.50 bits per heavy atom. The highest BCUT2D eigenvalue weighted by atomic mass is 16.5. The summed E-state index contributed by atoms with van der Waals surface area (Å²) >= 11 is 0. The molecule has 0 spiro atoms. The van der Waals surface area contributed by atoms with Gasteiger partial charge < -0.3 is 15.2 Å². The Kier molecular flexibility index (Phi) is 7.52. The third-order valence-corrected chi connectivity index (χ3v) is 4.41. The van der Waals surface area contributed by atoms with Gasteiger partial charge in [-0.1, -0.05) is 32.4 Å². The molecule has 2 N–H and O–H groups in total. The van der Waals surface area contributed by atoms with Crippen molar-refractivity contribution in [2.75, 3.05) is 13.7 Å². The van der Waals surface area contributed by atoms with Crippen molar-refractivity contribution in [1.82, 2.24) is 5.32 Å². The molecule has 4 nitrogen and oxygen atoms in total. The first-order valence-electron chi connectivity index (χ1n) is 9.22. The fourth-order valence-electron chi connectivity index (χ4n) is 2.90. The van der Waals surface area contributed by atoms with Crippen LogP contribution < -0.4 is 10.1 Å². The van der Waals surface area contributed by atoms with E-state index in [1.165, 1.54) is 0 Å². The Labute approximate surface area is 156 Å². The number of hydrogen-bond acceptors (Lipinski definition) is 3. The van der Waals surface area contributed by atoms with Crippen LogP contribution in [-0.2, 0) is 12.8 Å². The van der Waals surface area contributed by atoms with Crippen molar-refractivity contribution in [3.8, 4) is 11.5 Å². The molecule has 140 valence electrons. The fraction of sp³-hybridized carbons (Fsp3) is 0.409. The number of nitrogens with one attached hydrogen (secondary N) is 1. The maximum absolute atomic E-state index is 12.4. The molecule has 2 aromatic carbocycles. The molecule has 0 radical (unpaired) electrons. The van der Waals surface area contributed by atoms with Gasteiger partial charge in [-0.15, -0.1) is 0 Å². The van der Waals surface area contributed by atoms with Gasteiger partial charge in [0.2, 0.25) is 0 Å².